The van der Waals surface area contributed by atoms with Crippen LogP contribution in [0.5, 0.6) is 0 Å². The average molecular weight is 975 g/mol. The normalized spacial score (nSPS) is 12.6. The molecular formula is C63H123NO5. The Kier molecular flexibility index (Phi) is 58.0. The van der Waals surface area contributed by atoms with E-state index in [-0.39, 0.29) is 18.5 Å². The summed E-state index contributed by atoms with van der Waals surface area (Å²) in [5.41, 5.74) is 0. The van der Waals surface area contributed by atoms with Crippen LogP contribution in [0.4, 0.5) is 0 Å². The highest BCUT2D eigenvalue weighted by atomic mass is 16.5. The van der Waals surface area contributed by atoms with Crippen LogP contribution in [0, 0.1) is 0 Å². The van der Waals surface area contributed by atoms with Gasteiger partial charge in [0.15, 0.2) is 0 Å². The van der Waals surface area contributed by atoms with Crippen molar-refractivity contribution in [2.75, 3.05) is 13.2 Å². The number of esters is 1. The van der Waals surface area contributed by atoms with Crippen LogP contribution in [0.3, 0.4) is 0 Å². The number of rotatable bonds is 59. The number of aliphatic hydroxyl groups is 2. The fraction of sp³-hybridized carbons (Fsp3) is 0.937. The molecule has 0 aromatic heterocycles. The fourth-order valence-electron chi connectivity index (χ4n) is 9.98. The van der Waals surface area contributed by atoms with E-state index < -0.39 is 12.1 Å². The van der Waals surface area contributed by atoms with Crippen molar-refractivity contribution in [3.63, 3.8) is 0 Å². The molecule has 410 valence electrons. The smallest absolute Gasteiger partial charge is 0.305 e. The zero-order valence-corrected chi connectivity index (χ0v) is 46.8. The Hall–Kier alpha value is -1.40. The van der Waals surface area contributed by atoms with Gasteiger partial charge in [-0.3, -0.25) is 9.59 Å². The zero-order valence-electron chi connectivity index (χ0n) is 46.8. The van der Waals surface area contributed by atoms with Crippen molar-refractivity contribution in [2.24, 2.45) is 0 Å². The van der Waals surface area contributed by atoms with Gasteiger partial charge in [0.25, 0.3) is 0 Å². The van der Waals surface area contributed by atoms with Crippen LogP contribution in [0.2, 0.25) is 0 Å². The second-order valence-corrected chi connectivity index (χ2v) is 21.7. The van der Waals surface area contributed by atoms with Gasteiger partial charge in [0, 0.05) is 12.8 Å². The van der Waals surface area contributed by atoms with E-state index in [1.54, 1.807) is 0 Å². The van der Waals surface area contributed by atoms with Gasteiger partial charge >= 0.3 is 5.97 Å². The molecule has 69 heavy (non-hydrogen) atoms. The molecule has 6 nitrogen and oxygen atoms in total. The molecule has 0 bridgehead atoms. The van der Waals surface area contributed by atoms with Crippen molar-refractivity contribution < 1.29 is 24.5 Å². The third-order valence-electron chi connectivity index (χ3n) is 14.8. The molecule has 0 heterocycles. The Balaban J connectivity index is 3.41. The van der Waals surface area contributed by atoms with Gasteiger partial charge in [-0.05, 0) is 44.9 Å². The minimum Gasteiger partial charge on any atom is -0.466 e. The van der Waals surface area contributed by atoms with Gasteiger partial charge < -0.3 is 20.3 Å². The first kappa shape index (κ1) is 67.6. The van der Waals surface area contributed by atoms with E-state index in [4.69, 9.17) is 4.74 Å². The number of unbranched alkanes of at least 4 members (excludes halogenated alkanes) is 46. The number of ether oxygens (including phenoxy) is 1. The molecule has 0 aromatic rings. The molecule has 0 radical (unpaired) electrons. The highest BCUT2D eigenvalue weighted by Crippen LogP contribution is 2.18. The Labute approximate surface area is 431 Å². The second kappa shape index (κ2) is 59.2. The van der Waals surface area contributed by atoms with E-state index >= 15 is 0 Å². The first-order valence-electron chi connectivity index (χ1n) is 31.4. The van der Waals surface area contributed by atoms with Gasteiger partial charge in [-0.2, -0.15) is 0 Å². The van der Waals surface area contributed by atoms with Gasteiger partial charge in [0.2, 0.25) is 5.91 Å². The van der Waals surface area contributed by atoms with Gasteiger partial charge in [-0.1, -0.05) is 309 Å². The lowest BCUT2D eigenvalue weighted by molar-refractivity contribution is -0.143. The van der Waals surface area contributed by atoms with Crippen LogP contribution in [-0.2, 0) is 14.3 Å². The van der Waals surface area contributed by atoms with E-state index in [0.717, 1.165) is 44.9 Å². The summed E-state index contributed by atoms with van der Waals surface area (Å²) in [6.07, 6.45) is 70.8. The number of aliphatic hydroxyl groups excluding tert-OH is 2. The summed E-state index contributed by atoms with van der Waals surface area (Å²) in [4.78, 5) is 24.5. The van der Waals surface area contributed by atoms with Crippen molar-refractivity contribution in [3.8, 4) is 0 Å². The predicted octanol–water partition coefficient (Wildman–Crippen LogP) is 19.6. The standard InChI is InChI=1S/C63H123NO5/c1-3-5-7-9-11-13-15-16-17-18-19-20-21-22-23-24-26-29-32-36-39-43-47-51-55-61(66)60(59-65)64-62(67)56-52-48-44-40-37-33-30-27-25-28-31-34-38-42-46-50-54-58-69-63(68)57-53-49-45-41-35-14-12-10-8-6-4-2/h10,12,60-61,65-66H,3-9,11,13-59H2,1-2H3,(H,64,67)/b12-10-. The van der Waals surface area contributed by atoms with Gasteiger partial charge in [0.1, 0.15) is 0 Å². The molecule has 6 heteroatoms. The minimum atomic E-state index is -0.669. The molecule has 0 aliphatic rings. The number of hydrogen-bond donors (Lipinski definition) is 3. The predicted molar refractivity (Wildman–Crippen MR) is 301 cm³/mol. The van der Waals surface area contributed by atoms with Crippen LogP contribution >= 0.6 is 0 Å². The Morgan fingerprint density at radius 1 is 0.391 bits per heavy atom. The number of hydrogen-bond acceptors (Lipinski definition) is 5. The molecule has 0 saturated carbocycles. The maximum absolute atomic E-state index is 12.5. The minimum absolute atomic E-state index is 0.00465. The molecule has 2 unspecified atom stereocenters. The Bertz CT molecular complexity index is 1030. The average Bonchev–Trinajstić information content (AvgIpc) is 3.35. The first-order chi connectivity index (χ1) is 34.0. The quantitative estimate of drug-likeness (QED) is 0.0321. The van der Waals surface area contributed by atoms with E-state index in [0.29, 0.717) is 25.9 Å². The highest BCUT2D eigenvalue weighted by molar-refractivity contribution is 5.76. The molecular weight excluding hydrogens is 851 g/mol. The topological polar surface area (TPSA) is 95.9 Å². The number of amides is 1. The molecule has 0 aliphatic carbocycles. The van der Waals surface area contributed by atoms with Crippen molar-refractivity contribution in [3.05, 3.63) is 12.2 Å². The van der Waals surface area contributed by atoms with Crippen molar-refractivity contribution in [1.82, 2.24) is 5.32 Å². The van der Waals surface area contributed by atoms with Gasteiger partial charge in [0.05, 0.1) is 25.4 Å². The fourth-order valence-corrected chi connectivity index (χ4v) is 9.98. The third-order valence-corrected chi connectivity index (χ3v) is 14.8. The lowest BCUT2D eigenvalue weighted by Crippen LogP contribution is -2.45. The first-order valence-corrected chi connectivity index (χ1v) is 31.4. The summed E-state index contributed by atoms with van der Waals surface area (Å²) < 4.78 is 5.46. The van der Waals surface area contributed by atoms with Crippen LogP contribution in [0.15, 0.2) is 12.2 Å². The van der Waals surface area contributed by atoms with E-state index in [2.05, 4.69) is 31.3 Å². The summed E-state index contributed by atoms with van der Waals surface area (Å²) in [6, 6.07) is -0.546. The number of carbonyl (C=O) groups is 2. The molecule has 0 spiro atoms. The van der Waals surface area contributed by atoms with Crippen LogP contribution in [0.25, 0.3) is 0 Å². The molecule has 0 aliphatic heterocycles. The maximum atomic E-state index is 12.5. The summed E-state index contributed by atoms with van der Waals surface area (Å²) >= 11 is 0. The lowest BCUT2D eigenvalue weighted by Gasteiger charge is -2.22. The molecule has 3 N–H and O–H groups in total. The number of allylic oxidation sites excluding steroid dienone is 2. The maximum Gasteiger partial charge on any atom is 0.305 e. The van der Waals surface area contributed by atoms with E-state index in [1.165, 1.54) is 276 Å². The van der Waals surface area contributed by atoms with Gasteiger partial charge in [-0.25, -0.2) is 0 Å². The van der Waals surface area contributed by atoms with Crippen molar-refractivity contribution >= 4 is 11.9 Å². The summed E-state index contributed by atoms with van der Waals surface area (Å²) in [5, 5.41) is 23.4. The molecule has 0 fully saturated rings. The molecule has 0 saturated heterocycles. The lowest BCUT2D eigenvalue weighted by atomic mass is 10.0. The third kappa shape index (κ3) is 55.8. The van der Waals surface area contributed by atoms with Crippen LogP contribution < -0.4 is 5.32 Å². The van der Waals surface area contributed by atoms with Gasteiger partial charge in [-0.15, -0.1) is 0 Å². The molecule has 0 rings (SSSR count). The summed E-state index contributed by atoms with van der Waals surface area (Å²) in [7, 11) is 0. The van der Waals surface area contributed by atoms with Crippen molar-refractivity contribution in [2.45, 2.75) is 366 Å². The van der Waals surface area contributed by atoms with Crippen LogP contribution in [0.1, 0.15) is 354 Å². The second-order valence-electron chi connectivity index (χ2n) is 21.7. The number of nitrogens with one attached hydrogen (secondary N) is 1. The largest absolute Gasteiger partial charge is 0.466 e. The Morgan fingerprint density at radius 3 is 1.07 bits per heavy atom. The molecule has 1 amide bonds. The summed E-state index contributed by atoms with van der Waals surface area (Å²) in [5.74, 6) is -0.0408. The van der Waals surface area contributed by atoms with E-state index in [9.17, 15) is 19.8 Å². The highest BCUT2D eigenvalue weighted by Gasteiger charge is 2.20. The van der Waals surface area contributed by atoms with Crippen LogP contribution in [-0.4, -0.2) is 47.4 Å². The molecule has 2 atom stereocenters. The zero-order chi connectivity index (χ0) is 50.0. The Morgan fingerprint density at radius 2 is 0.696 bits per heavy atom. The molecule has 0 aromatic carbocycles. The summed E-state index contributed by atoms with van der Waals surface area (Å²) in [6.45, 7) is 4.93. The van der Waals surface area contributed by atoms with E-state index in [1.807, 2.05) is 0 Å². The number of carbonyl (C=O) groups excluding carboxylic acids is 2. The monoisotopic (exact) mass is 974 g/mol. The van der Waals surface area contributed by atoms with Crippen molar-refractivity contribution in [1.29, 1.82) is 0 Å². The SMILES string of the molecule is CCCC/C=C\CCCCCCCC(=O)OCCCCCCCCCCCCCCCCCCCC(=O)NC(CO)C(O)CCCCCCCCCCCCCCCCCCCCCCCCCC.